The van der Waals surface area contributed by atoms with Crippen molar-refractivity contribution in [3.8, 4) is 0 Å². The van der Waals surface area contributed by atoms with E-state index in [1.165, 1.54) is 19.2 Å². The predicted molar refractivity (Wildman–Crippen MR) is 65.6 cm³/mol. The van der Waals surface area contributed by atoms with Gasteiger partial charge in [0.2, 0.25) is 5.91 Å². The van der Waals surface area contributed by atoms with E-state index in [0.29, 0.717) is 17.7 Å². The van der Waals surface area contributed by atoms with Crippen LogP contribution in [0.15, 0.2) is 24.3 Å². The number of amides is 1. The number of aliphatic carboxylic acids is 1. The highest BCUT2D eigenvalue weighted by atomic mass is 16.5. The van der Waals surface area contributed by atoms with Crippen LogP contribution in [0.25, 0.3) is 0 Å². The van der Waals surface area contributed by atoms with Crippen LogP contribution in [0.1, 0.15) is 16.8 Å². The normalized spacial score (nSPS) is 20.5. The number of esters is 1. The van der Waals surface area contributed by atoms with Crippen molar-refractivity contribution >= 4 is 23.5 Å². The van der Waals surface area contributed by atoms with Gasteiger partial charge < -0.3 is 15.2 Å². The van der Waals surface area contributed by atoms with Crippen LogP contribution in [0.5, 0.6) is 0 Å². The zero-order valence-corrected chi connectivity index (χ0v) is 10.3. The summed E-state index contributed by atoms with van der Waals surface area (Å²) in [6.45, 7) is 0. The maximum atomic E-state index is 11.7. The second-order valence-electron chi connectivity index (χ2n) is 4.35. The molecule has 1 amide bonds. The summed E-state index contributed by atoms with van der Waals surface area (Å²) in [6, 6.07) is 6.21. The van der Waals surface area contributed by atoms with Crippen molar-refractivity contribution in [1.29, 1.82) is 0 Å². The average molecular weight is 263 g/mol. The molecule has 1 aromatic carbocycles. The molecule has 1 aliphatic carbocycles. The van der Waals surface area contributed by atoms with Gasteiger partial charge in [0, 0.05) is 5.69 Å². The smallest absolute Gasteiger partial charge is 0.337 e. The average Bonchev–Trinajstić information content (AvgIpc) is 3.19. The summed E-state index contributed by atoms with van der Waals surface area (Å²) in [7, 11) is 1.29. The van der Waals surface area contributed by atoms with E-state index >= 15 is 0 Å². The molecule has 6 heteroatoms. The first-order valence-corrected chi connectivity index (χ1v) is 5.75. The topological polar surface area (TPSA) is 92.7 Å². The lowest BCUT2D eigenvalue weighted by Gasteiger charge is -2.05. The van der Waals surface area contributed by atoms with Gasteiger partial charge in [0.05, 0.1) is 24.5 Å². The second-order valence-corrected chi connectivity index (χ2v) is 4.35. The monoisotopic (exact) mass is 263 g/mol. The van der Waals surface area contributed by atoms with E-state index in [-0.39, 0.29) is 5.91 Å². The molecule has 0 radical (unpaired) electrons. The Balaban J connectivity index is 1.95. The van der Waals surface area contributed by atoms with Crippen molar-refractivity contribution in [2.75, 3.05) is 12.4 Å². The van der Waals surface area contributed by atoms with Crippen molar-refractivity contribution in [3.63, 3.8) is 0 Å². The Hall–Kier alpha value is -2.37. The summed E-state index contributed by atoms with van der Waals surface area (Å²) >= 11 is 0. The molecule has 0 heterocycles. The highest BCUT2D eigenvalue weighted by Crippen LogP contribution is 2.39. The van der Waals surface area contributed by atoms with Crippen molar-refractivity contribution in [1.82, 2.24) is 0 Å². The Kier molecular flexibility index (Phi) is 3.50. The summed E-state index contributed by atoms with van der Waals surface area (Å²) in [5.74, 6) is -2.74. The summed E-state index contributed by atoms with van der Waals surface area (Å²) in [4.78, 5) is 33.6. The number of benzene rings is 1. The van der Waals surface area contributed by atoms with Crippen molar-refractivity contribution in [3.05, 3.63) is 29.8 Å². The fourth-order valence-corrected chi connectivity index (χ4v) is 1.80. The van der Waals surface area contributed by atoms with Crippen LogP contribution in [0.3, 0.4) is 0 Å². The van der Waals surface area contributed by atoms with E-state index in [4.69, 9.17) is 5.11 Å². The summed E-state index contributed by atoms with van der Waals surface area (Å²) in [5, 5.41) is 11.4. The molecule has 0 spiro atoms. The number of nitrogens with one attached hydrogen (secondary N) is 1. The predicted octanol–water partition coefficient (Wildman–Crippen LogP) is 1.13. The third-order valence-electron chi connectivity index (χ3n) is 3.02. The number of carbonyl (C=O) groups is 3. The van der Waals surface area contributed by atoms with Gasteiger partial charge in [-0.05, 0) is 30.7 Å². The Morgan fingerprint density at radius 2 is 1.84 bits per heavy atom. The number of carboxylic acid groups (broad SMARTS) is 1. The second kappa shape index (κ2) is 5.09. The molecule has 0 aliphatic heterocycles. The minimum atomic E-state index is -0.943. The van der Waals surface area contributed by atoms with Gasteiger partial charge in [0.15, 0.2) is 0 Å². The number of carboxylic acids is 1. The van der Waals surface area contributed by atoms with E-state index in [2.05, 4.69) is 10.1 Å². The maximum absolute atomic E-state index is 11.7. The fourth-order valence-electron chi connectivity index (χ4n) is 1.80. The van der Waals surface area contributed by atoms with Gasteiger partial charge >= 0.3 is 11.9 Å². The van der Waals surface area contributed by atoms with Crippen LogP contribution in [0.2, 0.25) is 0 Å². The van der Waals surface area contributed by atoms with Crippen LogP contribution >= 0.6 is 0 Å². The summed E-state index contributed by atoms with van der Waals surface area (Å²) < 4.78 is 4.55. The first kappa shape index (κ1) is 13.1. The first-order valence-electron chi connectivity index (χ1n) is 5.75. The molecule has 0 unspecified atom stereocenters. The van der Waals surface area contributed by atoms with Crippen LogP contribution in [0.4, 0.5) is 5.69 Å². The number of hydrogen-bond acceptors (Lipinski definition) is 4. The molecule has 1 saturated carbocycles. The first-order chi connectivity index (χ1) is 9.02. The molecule has 100 valence electrons. The van der Waals surface area contributed by atoms with E-state index in [0.717, 1.165) is 0 Å². The standard InChI is InChI=1S/C13H13NO5/c1-19-13(18)7-2-4-8(5-3-7)14-11(15)9-6-10(9)12(16)17/h2-5,9-10H,6H2,1H3,(H,14,15)(H,16,17)/t9-,10+/m1/s1. The molecule has 2 rings (SSSR count). The molecule has 19 heavy (non-hydrogen) atoms. The minimum absolute atomic E-state index is 0.307. The molecule has 2 N–H and O–H groups in total. The quantitative estimate of drug-likeness (QED) is 0.794. The van der Waals surface area contributed by atoms with E-state index < -0.39 is 23.8 Å². The van der Waals surface area contributed by atoms with Gasteiger partial charge in [-0.2, -0.15) is 0 Å². The van der Waals surface area contributed by atoms with Crippen LogP contribution in [-0.4, -0.2) is 30.1 Å². The summed E-state index contributed by atoms with van der Waals surface area (Å²) in [6.07, 6.45) is 0.376. The number of carbonyl (C=O) groups excluding carboxylic acids is 2. The largest absolute Gasteiger partial charge is 0.481 e. The van der Waals surface area contributed by atoms with Gasteiger partial charge in [-0.3, -0.25) is 9.59 Å². The SMILES string of the molecule is COC(=O)c1ccc(NC(=O)[C@@H]2C[C@@H]2C(=O)O)cc1. The molecule has 0 aromatic heterocycles. The number of rotatable bonds is 4. The number of methoxy groups -OCH3 is 1. The fraction of sp³-hybridized carbons (Fsp3) is 0.308. The molecular formula is C13H13NO5. The zero-order chi connectivity index (χ0) is 14.0. The van der Waals surface area contributed by atoms with Gasteiger partial charge in [-0.15, -0.1) is 0 Å². The van der Waals surface area contributed by atoms with Gasteiger partial charge in [0.1, 0.15) is 0 Å². The molecule has 0 saturated heterocycles. The van der Waals surface area contributed by atoms with E-state index in [1.54, 1.807) is 12.1 Å². The van der Waals surface area contributed by atoms with Gasteiger partial charge in [-0.1, -0.05) is 0 Å². The number of hydrogen-bond donors (Lipinski definition) is 2. The molecule has 1 aromatic rings. The van der Waals surface area contributed by atoms with Crippen molar-refractivity contribution < 1.29 is 24.2 Å². The van der Waals surface area contributed by atoms with E-state index in [1.807, 2.05) is 0 Å². The molecule has 1 fully saturated rings. The lowest BCUT2D eigenvalue weighted by atomic mass is 10.2. The molecular weight excluding hydrogens is 250 g/mol. The third-order valence-corrected chi connectivity index (χ3v) is 3.02. The Morgan fingerprint density at radius 1 is 1.21 bits per heavy atom. The molecule has 0 bridgehead atoms. The highest BCUT2D eigenvalue weighted by Gasteiger charge is 2.48. The minimum Gasteiger partial charge on any atom is -0.481 e. The third kappa shape index (κ3) is 2.90. The Morgan fingerprint density at radius 3 is 2.32 bits per heavy atom. The lowest BCUT2D eigenvalue weighted by molar-refractivity contribution is -0.139. The van der Waals surface area contributed by atoms with Crippen LogP contribution < -0.4 is 5.32 Å². The van der Waals surface area contributed by atoms with Crippen LogP contribution in [0, 0.1) is 11.8 Å². The molecule has 6 nitrogen and oxygen atoms in total. The van der Waals surface area contributed by atoms with Crippen molar-refractivity contribution in [2.45, 2.75) is 6.42 Å². The zero-order valence-electron chi connectivity index (χ0n) is 10.3. The summed E-state index contributed by atoms with van der Waals surface area (Å²) in [5.41, 5.74) is 0.907. The highest BCUT2D eigenvalue weighted by molar-refractivity contribution is 5.98. The molecule has 1 aliphatic rings. The Labute approximate surface area is 109 Å². The molecule has 2 atom stereocenters. The number of anilines is 1. The Bertz CT molecular complexity index is 522. The van der Waals surface area contributed by atoms with E-state index in [9.17, 15) is 14.4 Å². The maximum Gasteiger partial charge on any atom is 0.337 e. The van der Waals surface area contributed by atoms with Gasteiger partial charge in [0.25, 0.3) is 0 Å². The van der Waals surface area contributed by atoms with Crippen LogP contribution in [-0.2, 0) is 14.3 Å². The number of ether oxygens (including phenoxy) is 1. The van der Waals surface area contributed by atoms with Crippen molar-refractivity contribution in [2.24, 2.45) is 11.8 Å². The lowest BCUT2D eigenvalue weighted by Crippen LogP contribution is -2.16. The van der Waals surface area contributed by atoms with Gasteiger partial charge in [-0.25, -0.2) is 4.79 Å².